The Morgan fingerprint density at radius 2 is 1.24 bits per heavy atom. The van der Waals surface area contributed by atoms with E-state index in [2.05, 4.69) is 46.7 Å². The molecule has 0 aliphatic rings. The number of aromatic nitrogens is 3. The Balaban J connectivity index is 1.18. The van der Waals surface area contributed by atoms with Gasteiger partial charge in [-0.25, -0.2) is 0 Å². The SMILES string of the molecule is COCCCCCCOc1ccc(-c2ccc(-c3ccc(C(=O)n4nnc5ccccc54)cc3)cc2)cc1. The number of hydrogen-bond donors (Lipinski definition) is 0. The Morgan fingerprint density at radius 1 is 0.684 bits per heavy atom. The van der Waals surface area contributed by atoms with Crippen LogP contribution in [0.4, 0.5) is 0 Å². The van der Waals surface area contributed by atoms with Crippen LogP contribution in [-0.2, 0) is 4.74 Å². The molecule has 1 heterocycles. The maximum atomic E-state index is 13.0. The molecule has 0 N–H and O–H groups in total. The van der Waals surface area contributed by atoms with Gasteiger partial charge in [-0.2, -0.15) is 4.68 Å². The number of nitrogens with zero attached hydrogens (tertiary/aromatic N) is 3. The van der Waals surface area contributed by atoms with Crippen molar-refractivity contribution in [1.29, 1.82) is 0 Å². The third kappa shape index (κ3) is 5.98. The Labute approximate surface area is 222 Å². The zero-order chi connectivity index (χ0) is 26.2. The molecule has 0 aliphatic heterocycles. The van der Waals surface area contributed by atoms with E-state index >= 15 is 0 Å². The summed E-state index contributed by atoms with van der Waals surface area (Å²) in [4.78, 5) is 13.0. The van der Waals surface area contributed by atoms with Crippen LogP contribution in [-0.4, -0.2) is 41.2 Å². The number of ether oxygens (including phenoxy) is 2. The average Bonchev–Trinajstić information content (AvgIpc) is 3.41. The topological polar surface area (TPSA) is 66.2 Å². The van der Waals surface area contributed by atoms with Crippen molar-refractivity contribution < 1.29 is 14.3 Å². The molecule has 0 saturated heterocycles. The van der Waals surface area contributed by atoms with Crippen LogP contribution in [0.5, 0.6) is 5.75 Å². The van der Waals surface area contributed by atoms with E-state index < -0.39 is 0 Å². The molecule has 0 saturated carbocycles. The van der Waals surface area contributed by atoms with E-state index in [9.17, 15) is 4.79 Å². The highest BCUT2D eigenvalue weighted by Gasteiger charge is 2.14. The smallest absolute Gasteiger partial charge is 0.280 e. The summed E-state index contributed by atoms with van der Waals surface area (Å²) in [5, 5.41) is 8.11. The van der Waals surface area contributed by atoms with Crippen LogP contribution in [0.15, 0.2) is 97.1 Å². The van der Waals surface area contributed by atoms with Crippen LogP contribution in [0.3, 0.4) is 0 Å². The minimum absolute atomic E-state index is 0.199. The maximum absolute atomic E-state index is 13.0. The van der Waals surface area contributed by atoms with Crippen LogP contribution >= 0.6 is 0 Å². The average molecular weight is 506 g/mol. The Morgan fingerprint density at radius 3 is 1.87 bits per heavy atom. The van der Waals surface area contributed by atoms with Gasteiger partial charge in [0, 0.05) is 19.3 Å². The highest BCUT2D eigenvalue weighted by Crippen LogP contribution is 2.27. The van der Waals surface area contributed by atoms with Gasteiger partial charge in [-0.15, -0.1) is 5.10 Å². The molecule has 192 valence electrons. The van der Waals surface area contributed by atoms with Gasteiger partial charge in [0.25, 0.3) is 5.91 Å². The van der Waals surface area contributed by atoms with E-state index in [1.54, 1.807) is 7.11 Å². The summed E-state index contributed by atoms with van der Waals surface area (Å²) in [6.07, 6.45) is 4.50. The number of para-hydroxylation sites is 1. The molecular formula is C32H31N3O3. The van der Waals surface area contributed by atoms with Crippen molar-refractivity contribution in [3.8, 4) is 28.0 Å². The van der Waals surface area contributed by atoms with Gasteiger partial charge in [0.15, 0.2) is 0 Å². The minimum atomic E-state index is -0.199. The lowest BCUT2D eigenvalue weighted by Gasteiger charge is -2.09. The first-order valence-corrected chi connectivity index (χ1v) is 13.0. The van der Waals surface area contributed by atoms with Gasteiger partial charge in [0.05, 0.1) is 12.1 Å². The molecule has 0 fully saturated rings. The van der Waals surface area contributed by atoms with E-state index in [-0.39, 0.29) is 5.91 Å². The van der Waals surface area contributed by atoms with Crippen molar-refractivity contribution >= 4 is 16.9 Å². The Bertz CT molecular complexity index is 1470. The van der Waals surface area contributed by atoms with Gasteiger partial charge in [0.1, 0.15) is 11.3 Å². The first kappa shape index (κ1) is 25.4. The van der Waals surface area contributed by atoms with Crippen molar-refractivity contribution in [2.24, 2.45) is 0 Å². The molecule has 0 atom stereocenters. The molecule has 0 spiro atoms. The molecule has 6 heteroatoms. The predicted molar refractivity (Wildman–Crippen MR) is 150 cm³/mol. The number of rotatable bonds is 11. The van der Waals surface area contributed by atoms with Crippen LogP contribution in [0.25, 0.3) is 33.3 Å². The second-order valence-corrected chi connectivity index (χ2v) is 9.23. The molecule has 5 aromatic rings. The van der Waals surface area contributed by atoms with Gasteiger partial charge >= 0.3 is 0 Å². The first-order chi connectivity index (χ1) is 18.7. The predicted octanol–water partition coefficient (Wildman–Crippen LogP) is 7.04. The fourth-order valence-corrected chi connectivity index (χ4v) is 4.44. The number of carbonyl (C=O) groups excluding carboxylic acids is 1. The van der Waals surface area contributed by atoms with E-state index in [0.29, 0.717) is 16.6 Å². The van der Waals surface area contributed by atoms with Crippen molar-refractivity contribution in [3.05, 3.63) is 103 Å². The maximum Gasteiger partial charge on any atom is 0.280 e. The van der Waals surface area contributed by atoms with Crippen LogP contribution < -0.4 is 4.74 Å². The van der Waals surface area contributed by atoms with Crippen molar-refractivity contribution in [3.63, 3.8) is 0 Å². The summed E-state index contributed by atoms with van der Waals surface area (Å²) in [5.41, 5.74) is 6.38. The molecule has 0 bridgehead atoms. The monoisotopic (exact) mass is 505 g/mol. The van der Waals surface area contributed by atoms with E-state index in [0.717, 1.165) is 60.5 Å². The van der Waals surface area contributed by atoms with Crippen molar-refractivity contribution in [2.45, 2.75) is 25.7 Å². The lowest BCUT2D eigenvalue weighted by molar-refractivity contribution is 0.0948. The van der Waals surface area contributed by atoms with Crippen LogP contribution in [0.2, 0.25) is 0 Å². The zero-order valence-electron chi connectivity index (χ0n) is 21.5. The third-order valence-electron chi connectivity index (χ3n) is 6.59. The standard InChI is InChI=1S/C32H31N3O3/c1-37-22-6-2-3-7-23-38-29-20-18-27(19-21-29)25-12-10-24(11-13-25)26-14-16-28(17-15-26)32(36)35-31-9-5-4-8-30(31)33-34-35/h4-5,8-21H,2-3,6-7,22-23H2,1H3. The number of benzene rings is 4. The number of methoxy groups -OCH3 is 1. The molecule has 5 rings (SSSR count). The fraction of sp³-hybridized carbons (Fsp3) is 0.219. The second-order valence-electron chi connectivity index (χ2n) is 9.23. The van der Waals surface area contributed by atoms with E-state index in [1.165, 1.54) is 11.1 Å². The summed E-state index contributed by atoms with van der Waals surface area (Å²) in [6.45, 7) is 1.57. The van der Waals surface area contributed by atoms with Gasteiger partial charge in [-0.3, -0.25) is 4.79 Å². The van der Waals surface area contributed by atoms with Gasteiger partial charge in [0.2, 0.25) is 0 Å². The highest BCUT2D eigenvalue weighted by molar-refractivity contribution is 6.00. The van der Waals surface area contributed by atoms with Crippen LogP contribution in [0, 0.1) is 0 Å². The van der Waals surface area contributed by atoms with E-state index in [4.69, 9.17) is 9.47 Å². The largest absolute Gasteiger partial charge is 0.494 e. The molecule has 0 unspecified atom stereocenters. The van der Waals surface area contributed by atoms with Crippen molar-refractivity contribution in [1.82, 2.24) is 15.0 Å². The van der Waals surface area contributed by atoms with Crippen molar-refractivity contribution in [2.75, 3.05) is 20.3 Å². The lowest BCUT2D eigenvalue weighted by Crippen LogP contribution is -2.13. The van der Waals surface area contributed by atoms with Crippen LogP contribution in [0.1, 0.15) is 36.0 Å². The molecule has 6 nitrogen and oxygen atoms in total. The number of carbonyl (C=O) groups is 1. The Hall–Kier alpha value is -4.29. The number of hydrogen-bond acceptors (Lipinski definition) is 5. The molecule has 1 aromatic heterocycles. The quantitative estimate of drug-likeness (QED) is 0.180. The Kier molecular flexibility index (Phi) is 8.21. The minimum Gasteiger partial charge on any atom is -0.494 e. The lowest BCUT2D eigenvalue weighted by atomic mass is 9.99. The zero-order valence-corrected chi connectivity index (χ0v) is 21.5. The first-order valence-electron chi connectivity index (χ1n) is 13.0. The second kappa shape index (κ2) is 12.3. The molecule has 4 aromatic carbocycles. The molecule has 0 aliphatic carbocycles. The molecule has 38 heavy (non-hydrogen) atoms. The normalized spacial score (nSPS) is 11.1. The summed E-state index contributed by atoms with van der Waals surface area (Å²) >= 11 is 0. The number of fused-ring (bicyclic) bond motifs is 1. The third-order valence-corrected chi connectivity index (χ3v) is 6.59. The molecular weight excluding hydrogens is 474 g/mol. The van der Waals surface area contributed by atoms with Gasteiger partial charge in [-0.05, 0) is 77.9 Å². The molecule has 0 radical (unpaired) electrons. The van der Waals surface area contributed by atoms with Gasteiger partial charge < -0.3 is 9.47 Å². The fourth-order valence-electron chi connectivity index (χ4n) is 4.44. The number of unbranched alkanes of at least 4 members (excludes halogenated alkanes) is 3. The summed E-state index contributed by atoms with van der Waals surface area (Å²) in [5.74, 6) is 0.700. The summed E-state index contributed by atoms with van der Waals surface area (Å²) in [6, 6.07) is 31.7. The summed E-state index contributed by atoms with van der Waals surface area (Å²) < 4.78 is 12.3. The highest BCUT2D eigenvalue weighted by atomic mass is 16.5. The van der Waals surface area contributed by atoms with Gasteiger partial charge in [-0.1, -0.05) is 72.3 Å². The van der Waals surface area contributed by atoms with E-state index in [1.807, 2.05) is 60.7 Å². The molecule has 0 amide bonds. The summed E-state index contributed by atoms with van der Waals surface area (Å²) in [7, 11) is 1.74.